The number of nitrogens with one attached hydrogen (secondary N) is 1. The Bertz CT molecular complexity index is 441. The summed E-state index contributed by atoms with van der Waals surface area (Å²) in [5, 5.41) is 12.5. The van der Waals surface area contributed by atoms with Gasteiger partial charge in [-0.2, -0.15) is 0 Å². The van der Waals surface area contributed by atoms with Crippen LogP contribution in [0.25, 0.3) is 0 Å². The van der Waals surface area contributed by atoms with E-state index in [2.05, 4.69) is 12.2 Å². The van der Waals surface area contributed by atoms with E-state index in [4.69, 9.17) is 5.11 Å². The van der Waals surface area contributed by atoms with Crippen molar-refractivity contribution in [3.05, 3.63) is 21.4 Å². The summed E-state index contributed by atoms with van der Waals surface area (Å²) < 4.78 is 0. The van der Waals surface area contributed by atoms with Gasteiger partial charge in [-0.05, 0) is 43.4 Å². The second kappa shape index (κ2) is 6.53. The summed E-state index contributed by atoms with van der Waals surface area (Å²) in [6.07, 6.45) is 5.42. The van der Waals surface area contributed by atoms with Crippen LogP contribution in [0.1, 0.15) is 52.7 Å². The first kappa shape index (κ1) is 14.5. The van der Waals surface area contributed by atoms with Gasteiger partial charge in [0.1, 0.15) is 4.88 Å². The molecule has 1 fully saturated rings. The average molecular weight is 281 g/mol. The fraction of sp³-hybridized carbons (Fsp3) is 0.667. The molecule has 2 atom stereocenters. The molecule has 1 aliphatic carbocycles. The van der Waals surface area contributed by atoms with Gasteiger partial charge >= 0.3 is 5.97 Å². The van der Waals surface area contributed by atoms with Crippen molar-refractivity contribution in [1.82, 2.24) is 5.32 Å². The summed E-state index contributed by atoms with van der Waals surface area (Å²) in [7, 11) is 0. The minimum absolute atomic E-state index is 0.445. The van der Waals surface area contributed by atoms with Gasteiger partial charge in [-0.1, -0.05) is 26.2 Å². The highest BCUT2D eigenvalue weighted by Gasteiger charge is 2.20. The van der Waals surface area contributed by atoms with E-state index in [-0.39, 0.29) is 0 Å². The predicted molar refractivity (Wildman–Crippen MR) is 78.8 cm³/mol. The molecule has 0 amide bonds. The molecular weight excluding hydrogens is 258 g/mol. The molecule has 19 heavy (non-hydrogen) atoms. The van der Waals surface area contributed by atoms with Gasteiger partial charge in [-0.25, -0.2) is 4.79 Å². The number of carboxylic acids is 1. The third-order valence-electron chi connectivity index (χ3n) is 4.24. The van der Waals surface area contributed by atoms with Crippen LogP contribution in [0.3, 0.4) is 0 Å². The molecule has 4 heteroatoms. The van der Waals surface area contributed by atoms with Gasteiger partial charge < -0.3 is 10.4 Å². The molecular formula is C15H23NO2S. The Labute approximate surface area is 119 Å². The second-order valence-electron chi connectivity index (χ2n) is 5.65. The number of carboxylic acid groups (broad SMARTS) is 1. The van der Waals surface area contributed by atoms with E-state index in [1.807, 2.05) is 6.92 Å². The fourth-order valence-corrected chi connectivity index (χ4v) is 3.77. The van der Waals surface area contributed by atoms with E-state index in [9.17, 15) is 4.79 Å². The minimum Gasteiger partial charge on any atom is -0.477 e. The smallest absolute Gasteiger partial charge is 0.345 e. The largest absolute Gasteiger partial charge is 0.477 e. The molecule has 0 radical (unpaired) electrons. The molecule has 106 valence electrons. The molecule has 2 N–H and O–H groups in total. The topological polar surface area (TPSA) is 49.3 Å². The standard InChI is InChI=1S/C15H23NO2S/c1-10-5-3-4-6-12(10)8-16-9-13-7-14(15(17)18)19-11(13)2/h7,10,12,16H,3-6,8-9H2,1-2H3,(H,17,18). The molecule has 0 aromatic carbocycles. The van der Waals surface area contributed by atoms with Gasteiger partial charge in [0.05, 0.1) is 0 Å². The lowest BCUT2D eigenvalue weighted by Gasteiger charge is -2.28. The van der Waals surface area contributed by atoms with E-state index in [1.54, 1.807) is 6.07 Å². The van der Waals surface area contributed by atoms with Gasteiger partial charge in [0.2, 0.25) is 0 Å². The number of carbonyl (C=O) groups is 1. The normalized spacial score (nSPS) is 23.5. The summed E-state index contributed by atoms with van der Waals surface area (Å²) in [6, 6.07) is 1.81. The first-order chi connectivity index (χ1) is 9.08. The molecule has 1 saturated carbocycles. The lowest BCUT2D eigenvalue weighted by atomic mass is 9.80. The van der Waals surface area contributed by atoms with E-state index < -0.39 is 5.97 Å². The first-order valence-electron chi connectivity index (χ1n) is 7.11. The van der Waals surface area contributed by atoms with Crippen molar-refractivity contribution < 1.29 is 9.90 Å². The van der Waals surface area contributed by atoms with Gasteiger partial charge in [0, 0.05) is 11.4 Å². The number of hydrogen-bond acceptors (Lipinski definition) is 3. The van der Waals surface area contributed by atoms with Crippen molar-refractivity contribution in [1.29, 1.82) is 0 Å². The first-order valence-corrected chi connectivity index (χ1v) is 7.93. The van der Waals surface area contributed by atoms with Crippen molar-refractivity contribution >= 4 is 17.3 Å². The molecule has 1 aliphatic rings. The highest BCUT2D eigenvalue weighted by molar-refractivity contribution is 7.14. The molecule has 3 nitrogen and oxygen atoms in total. The van der Waals surface area contributed by atoms with Crippen molar-refractivity contribution in [3.8, 4) is 0 Å². The summed E-state index contributed by atoms with van der Waals surface area (Å²) in [5.41, 5.74) is 1.13. The molecule has 0 spiro atoms. The number of hydrogen-bond donors (Lipinski definition) is 2. The third kappa shape index (κ3) is 3.80. The molecule has 1 heterocycles. The Morgan fingerprint density at radius 2 is 2.21 bits per heavy atom. The van der Waals surface area contributed by atoms with Crippen molar-refractivity contribution in [2.75, 3.05) is 6.54 Å². The van der Waals surface area contributed by atoms with Crippen LogP contribution in [0, 0.1) is 18.8 Å². The number of aryl methyl sites for hydroxylation is 1. The van der Waals surface area contributed by atoms with Crippen molar-refractivity contribution in [2.45, 2.75) is 46.1 Å². The van der Waals surface area contributed by atoms with Crippen LogP contribution in [0.5, 0.6) is 0 Å². The highest BCUT2D eigenvalue weighted by atomic mass is 32.1. The van der Waals surface area contributed by atoms with Crippen LogP contribution in [-0.2, 0) is 6.54 Å². The molecule has 0 bridgehead atoms. The minimum atomic E-state index is -0.819. The number of rotatable bonds is 5. The maximum Gasteiger partial charge on any atom is 0.345 e. The van der Waals surface area contributed by atoms with Crippen LogP contribution in [0.2, 0.25) is 0 Å². The van der Waals surface area contributed by atoms with Gasteiger partial charge in [-0.3, -0.25) is 0 Å². The maximum absolute atomic E-state index is 10.9. The fourth-order valence-electron chi connectivity index (χ4n) is 2.89. The number of aromatic carboxylic acids is 1. The van der Waals surface area contributed by atoms with Gasteiger partial charge in [0.15, 0.2) is 0 Å². The summed E-state index contributed by atoms with van der Waals surface area (Å²) in [5.74, 6) is 0.784. The predicted octanol–water partition coefficient (Wildman–Crippen LogP) is 3.67. The molecule has 1 aromatic rings. The Morgan fingerprint density at radius 3 is 2.84 bits per heavy atom. The van der Waals surface area contributed by atoms with E-state index in [0.29, 0.717) is 4.88 Å². The van der Waals surface area contributed by atoms with E-state index >= 15 is 0 Å². The summed E-state index contributed by atoms with van der Waals surface area (Å²) in [4.78, 5) is 12.5. The lowest BCUT2D eigenvalue weighted by molar-refractivity contribution is 0.0702. The van der Waals surface area contributed by atoms with Crippen LogP contribution in [0.4, 0.5) is 0 Å². The molecule has 1 aromatic heterocycles. The summed E-state index contributed by atoms with van der Waals surface area (Å²) in [6.45, 7) is 6.19. The van der Waals surface area contributed by atoms with Crippen LogP contribution >= 0.6 is 11.3 Å². The molecule has 0 saturated heterocycles. The Hall–Kier alpha value is -0.870. The van der Waals surface area contributed by atoms with Crippen LogP contribution < -0.4 is 5.32 Å². The van der Waals surface area contributed by atoms with Crippen molar-refractivity contribution in [3.63, 3.8) is 0 Å². The SMILES string of the molecule is Cc1sc(C(=O)O)cc1CNCC1CCCCC1C. The van der Waals surface area contributed by atoms with Gasteiger partial charge in [0.25, 0.3) is 0 Å². The Morgan fingerprint density at radius 1 is 1.47 bits per heavy atom. The van der Waals surface area contributed by atoms with E-state index in [0.717, 1.165) is 35.4 Å². The molecule has 2 unspecified atom stereocenters. The lowest BCUT2D eigenvalue weighted by Crippen LogP contribution is -2.29. The number of thiophene rings is 1. The third-order valence-corrected chi connectivity index (χ3v) is 5.32. The quantitative estimate of drug-likeness (QED) is 0.865. The van der Waals surface area contributed by atoms with E-state index in [1.165, 1.54) is 37.0 Å². The second-order valence-corrected chi connectivity index (χ2v) is 6.91. The zero-order valence-electron chi connectivity index (χ0n) is 11.7. The van der Waals surface area contributed by atoms with Crippen LogP contribution in [0.15, 0.2) is 6.07 Å². The monoisotopic (exact) mass is 281 g/mol. The highest BCUT2D eigenvalue weighted by Crippen LogP contribution is 2.29. The molecule has 0 aliphatic heterocycles. The van der Waals surface area contributed by atoms with Crippen molar-refractivity contribution in [2.24, 2.45) is 11.8 Å². The summed E-state index contributed by atoms with van der Waals surface area (Å²) >= 11 is 1.37. The zero-order valence-corrected chi connectivity index (χ0v) is 12.6. The average Bonchev–Trinajstić information content (AvgIpc) is 2.74. The van der Waals surface area contributed by atoms with Gasteiger partial charge in [-0.15, -0.1) is 11.3 Å². The zero-order chi connectivity index (χ0) is 13.8. The van der Waals surface area contributed by atoms with Crippen LogP contribution in [-0.4, -0.2) is 17.6 Å². The Balaban J connectivity index is 1.83. The maximum atomic E-state index is 10.9. The Kier molecular flexibility index (Phi) is 4.99. The molecule has 2 rings (SSSR count).